The maximum Gasteiger partial charge on any atom is 0.233 e. The minimum Gasteiger partial charge on any atom is -0.303 e. The van der Waals surface area contributed by atoms with Crippen LogP contribution in [0.3, 0.4) is 0 Å². The van der Waals surface area contributed by atoms with Crippen molar-refractivity contribution in [1.29, 1.82) is 0 Å². The molecule has 2 unspecified atom stereocenters. The summed E-state index contributed by atoms with van der Waals surface area (Å²) in [4.78, 5) is 35.0. The van der Waals surface area contributed by atoms with Gasteiger partial charge in [-0.15, -0.1) is 0 Å². The fraction of sp³-hybridized carbons (Fsp3) is 0.516. The Morgan fingerprint density at radius 3 is 2.38 bits per heavy atom. The lowest BCUT2D eigenvalue weighted by Gasteiger charge is -2.30. The average molecular weight is 516 g/mol. The van der Waals surface area contributed by atoms with Gasteiger partial charge >= 0.3 is 0 Å². The van der Waals surface area contributed by atoms with E-state index in [1.807, 2.05) is 18.3 Å². The van der Waals surface area contributed by atoms with Crippen LogP contribution in [-0.2, 0) is 22.4 Å². The third kappa shape index (κ3) is 3.97. The quantitative estimate of drug-likeness (QED) is 0.528. The number of aromatic nitrogens is 1. The molecule has 0 N–H and O–H groups in total. The van der Waals surface area contributed by atoms with Crippen LogP contribution in [0.1, 0.15) is 60.9 Å². The summed E-state index contributed by atoms with van der Waals surface area (Å²) in [5, 5.41) is 0.795. The van der Waals surface area contributed by atoms with Crippen molar-refractivity contribution in [2.24, 2.45) is 23.7 Å². The maximum atomic E-state index is 13.0. The molecule has 5 nitrogen and oxygen atoms in total. The van der Waals surface area contributed by atoms with E-state index in [1.54, 1.807) is 4.90 Å². The Labute approximate surface area is 223 Å². The summed E-state index contributed by atoms with van der Waals surface area (Å²) in [6.45, 7) is 3.52. The van der Waals surface area contributed by atoms with Crippen LogP contribution >= 0.6 is 11.6 Å². The standard InChI is InChI=1S/C31H34ClN3O2/c32-24-8-9-25-21(18-24)5-4-20-3-1-12-33-29(20)26(25)19-10-15-34(16-11-19)13-2-14-35-30(36)27-22-6-7-23(17-22)28(27)31(35)37/h1,3,8-9,12,18,22-23,27-28H,2,4-7,10-11,13-17H2/t22-,23+,27?,28?. The highest BCUT2D eigenvalue weighted by molar-refractivity contribution is 6.30. The van der Waals surface area contributed by atoms with Gasteiger partial charge in [0.15, 0.2) is 0 Å². The third-order valence-corrected chi connectivity index (χ3v) is 10.1. The van der Waals surface area contributed by atoms with E-state index in [2.05, 4.69) is 23.1 Å². The molecule has 2 amide bonds. The van der Waals surface area contributed by atoms with Crippen LogP contribution in [-0.4, -0.2) is 52.8 Å². The summed E-state index contributed by atoms with van der Waals surface area (Å²) >= 11 is 6.37. The summed E-state index contributed by atoms with van der Waals surface area (Å²) in [5.74, 6) is 1.20. The van der Waals surface area contributed by atoms with E-state index in [4.69, 9.17) is 16.6 Å². The normalized spacial score (nSPS) is 28.9. The average Bonchev–Trinajstić information content (AvgIpc) is 3.56. The lowest BCUT2D eigenvalue weighted by Crippen LogP contribution is -2.37. The number of hydrogen-bond acceptors (Lipinski definition) is 4. The molecule has 2 saturated carbocycles. The van der Waals surface area contributed by atoms with Crippen molar-refractivity contribution in [3.8, 4) is 0 Å². The molecule has 1 aromatic heterocycles. The maximum absolute atomic E-state index is 13.0. The van der Waals surface area contributed by atoms with Crippen molar-refractivity contribution in [3.05, 3.63) is 69.5 Å². The highest BCUT2D eigenvalue weighted by Crippen LogP contribution is 2.56. The van der Waals surface area contributed by atoms with E-state index in [1.165, 1.54) is 27.8 Å². The number of carbonyl (C=O) groups excluding carboxylic acids is 2. The second kappa shape index (κ2) is 9.36. The largest absolute Gasteiger partial charge is 0.303 e. The summed E-state index contributed by atoms with van der Waals surface area (Å²) in [6, 6.07) is 10.6. The Morgan fingerprint density at radius 1 is 0.892 bits per heavy atom. The van der Waals surface area contributed by atoms with Crippen molar-refractivity contribution in [1.82, 2.24) is 14.8 Å². The van der Waals surface area contributed by atoms with Crippen molar-refractivity contribution < 1.29 is 9.59 Å². The van der Waals surface area contributed by atoms with Crippen LogP contribution in [0.2, 0.25) is 5.02 Å². The summed E-state index contributed by atoms with van der Waals surface area (Å²) in [5.41, 5.74) is 7.85. The number of likely N-dealkylation sites (tertiary alicyclic amines) is 2. The Hall–Kier alpha value is -2.50. The predicted molar refractivity (Wildman–Crippen MR) is 144 cm³/mol. The number of pyridine rings is 1. The zero-order chi connectivity index (χ0) is 25.1. The van der Waals surface area contributed by atoms with E-state index in [0.29, 0.717) is 18.4 Å². The molecular weight excluding hydrogens is 482 g/mol. The van der Waals surface area contributed by atoms with Gasteiger partial charge in [0.1, 0.15) is 0 Å². The first kappa shape index (κ1) is 23.6. The molecule has 7 rings (SSSR count). The topological polar surface area (TPSA) is 53.5 Å². The number of nitrogens with zero attached hydrogens (tertiary/aromatic N) is 3. The fourth-order valence-corrected chi connectivity index (χ4v) is 8.27. The van der Waals surface area contributed by atoms with Crippen LogP contribution in [0.15, 0.2) is 42.1 Å². The first-order chi connectivity index (χ1) is 18.1. The molecule has 4 fully saturated rings. The van der Waals surface area contributed by atoms with Gasteiger partial charge in [-0.1, -0.05) is 29.3 Å². The summed E-state index contributed by atoms with van der Waals surface area (Å²) in [7, 11) is 0. The molecular formula is C31H34ClN3O2. The Bertz CT molecular complexity index is 1270. The molecule has 6 heteroatoms. The van der Waals surface area contributed by atoms with Gasteiger partial charge in [-0.3, -0.25) is 19.5 Å². The van der Waals surface area contributed by atoms with Gasteiger partial charge in [-0.25, -0.2) is 0 Å². The number of imide groups is 1. The van der Waals surface area contributed by atoms with Crippen LogP contribution in [0.4, 0.5) is 0 Å². The second-order valence-electron chi connectivity index (χ2n) is 11.7. The van der Waals surface area contributed by atoms with Gasteiger partial charge < -0.3 is 4.90 Å². The van der Waals surface area contributed by atoms with E-state index >= 15 is 0 Å². The van der Waals surface area contributed by atoms with E-state index in [0.717, 1.165) is 81.7 Å². The molecule has 4 atom stereocenters. The number of carbonyl (C=O) groups is 2. The van der Waals surface area contributed by atoms with Gasteiger partial charge in [0.25, 0.3) is 0 Å². The molecule has 37 heavy (non-hydrogen) atoms. The fourth-order valence-electron chi connectivity index (χ4n) is 8.07. The number of hydrogen-bond donors (Lipinski definition) is 0. The zero-order valence-electron chi connectivity index (χ0n) is 21.3. The van der Waals surface area contributed by atoms with Gasteiger partial charge in [0.2, 0.25) is 11.8 Å². The number of fused-ring (bicyclic) bond motifs is 7. The number of piperidine rings is 1. The molecule has 2 bridgehead atoms. The molecule has 2 aliphatic heterocycles. The van der Waals surface area contributed by atoms with Crippen molar-refractivity contribution >= 4 is 29.0 Å². The van der Waals surface area contributed by atoms with Gasteiger partial charge in [0.05, 0.1) is 17.5 Å². The van der Waals surface area contributed by atoms with E-state index in [9.17, 15) is 9.59 Å². The zero-order valence-corrected chi connectivity index (χ0v) is 22.1. The second-order valence-corrected chi connectivity index (χ2v) is 12.1. The van der Waals surface area contributed by atoms with Crippen LogP contribution in [0.5, 0.6) is 0 Å². The molecule has 0 radical (unpaired) electrons. The van der Waals surface area contributed by atoms with Crippen LogP contribution in [0, 0.1) is 23.7 Å². The lowest BCUT2D eigenvalue weighted by atomic mass is 9.81. The van der Waals surface area contributed by atoms with Crippen molar-refractivity contribution in [2.75, 3.05) is 26.2 Å². The van der Waals surface area contributed by atoms with Crippen LogP contribution in [0.25, 0.3) is 5.57 Å². The number of halogens is 1. The minimum atomic E-state index is 0.00393. The lowest BCUT2D eigenvalue weighted by molar-refractivity contribution is -0.140. The first-order valence-corrected chi connectivity index (χ1v) is 14.5. The minimum absolute atomic E-state index is 0.00393. The SMILES string of the molecule is O=C1C2C(C(=O)N1CCCN1CCC(=C3c4ccc(Cl)cc4CCc4cccnc43)CC1)[C@H]1CC[C@@H]2C1. The Morgan fingerprint density at radius 2 is 1.62 bits per heavy atom. The van der Waals surface area contributed by atoms with Crippen LogP contribution < -0.4 is 0 Å². The monoisotopic (exact) mass is 515 g/mol. The van der Waals surface area contributed by atoms with Crippen molar-refractivity contribution in [3.63, 3.8) is 0 Å². The molecule has 2 saturated heterocycles. The summed E-state index contributed by atoms with van der Waals surface area (Å²) in [6.07, 6.45) is 10.2. The van der Waals surface area contributed by atoms with E-state index in [-0.39, 0.29) is 23.7 Å². The molecule has 0 spiro atoms. The molecule has 192 valence electrons. The predicted octanol–water partition coefficient (Wildman–Crippen LogP) is 5.15. The number of aryl methyl sites for hydroxylation is 2. The number of benzene rings is 1. The Balaban J connectivity index is 1.03. The molecule has 1 aromatic carbocycles. The molecule has 3 aliphatic carbocycles. The van der Waals surface area contributed by atoms with Gasteiger partial charge in [-0.2, -0.15) is 0 Å². The van der Waals surface area contributed by atoms with Gasteiger partial charge in [-0.05, 0) is 105 Å². The first-order valence-electron chi connectivity index (χ1n) is 14.1. The third-order valence-electron chi connectivity index (χ3n) is 9.82. The molecule has 2 aromatic rings. The number of amides is 2. The molecule has 3 heterocycles. The highest BCUT2D eigenvalue weighted by Gasteiger charge is 2.60. The Kier molecular flexibility index (Phi) is 5.97. The van der Waals surface area contributed by atoms with Crippen molar-refractivity contribution in [2.45, 2.75) is 51.4 Å². The van der Waals surface area contributed by atoms with E-state index < -0.39 is 0 Å². The van der Waals surface area contributed by atoms with Gasteiger partial charge in [0, 0.05) is 36.4 Å². The number of rotatable bonds is 4. The smallest absolute Gasteiger partial charge is 0.233 e. The highest BCUT2D eigenvalue weighted by atomic mass is 35.5. The molecule has 5 aliphatic rings. The summed E-state index contributed by atoms with van der Waals surface area (Å²) < 4.78 is 0.